The van der Waals surface area contributed by atoms with Crippen LogP contribution >= 0.6 is 0 Å². The molecule has 2 rings (SSSR count). The van der Waals surface area contributed by atoms with E-state index in [0.29, 0.717) is 5.82 Å². The fourth-order valence-electron chi connectivity index (χ4n) is 1.08. The summed E-state index contributed by atoms with van der Waals surface area (Å²) in [6, 6.07) is 0. The van der Waals surface area contributed by atoms with Gasteiger partial charge in [-0.3, -0.25) is 9.78 Å². The molecule has 2 aromatic heterocycles. The summed E-state index contributed by atoms with van der Waals surface area (Å²) >= 11 is 0. The van der Waals surface area contributed by atoms with Crippen molar-refractivity contribution in [2.45, 2.75) is 6.54 Å². The summed E-state index contributed by atoms with van der Waals surface area (Å²) in [5, 5.41) is 6.34. The normalized spacial score (nSPS) is 10.0. The predicted molar refractivity (Wildman–Crippen MR) is 55.1 cm³/mol. The van der Waals surface area contributed by atoms with Crippen molar-refractivity contribution in [3.8, 4) is 0 Å². The van der Waals surface area contributed by atoms with Gasteiger partial charge in [0.25, 0.3) is 0 Å². The first kappa shape index (κ1) is 10.0. The van der Waals surface area contributed by atoms with Crippen molar-refractivity contribution < 1.29 is 4.79 Å². The van der Waals surface area contributed by atoms with Crippen molar-refractivity contribution in [1.82, 2.24) is 24.7 Å². The summed E-state index contributed by atoms with van der Waals surface area (Å²) in [6.45, 7) is 0.0285. The van der Waals surface area contributed by atoms with Crippen LogP contribution in [-0.2, 0) is 11.3 Å². The lowest BCUT2D eigenvalue weighted by Gasteiger charge is -2.02. The molecule has 0 unspecified atom stereocenters. The van der Waals surface area contributed by atoms with Crippen molar-refractivity contribution in [3.05, 3.63) is 24.9 Å². The molecular weight excluding hydrogens is 210 g/mol. The first-order valence-corrected chi connectivity index (χ1v) is 4.45. The lowest BCUT2D eigenvalue weighted by atomic mass is 10.5. The zero-order chi connectivity index (χ0) is 11.4. The van der Waals surface area contributed by atoms with Gasteiger partial charge in [-0.15, -0.1) is 5.10 Å². The monoisotopic (exact) mass is 219 g/mol. The third-order valence-electron chi connectivity index (χ3n) is 1.69. The average Bonchev–Trinajstić information content (AvgIpc) is 2.65. The minimum Gasteiger partial charge on any atom is -0.367 e. The molecule has 0 aliphatic rings. The van der Waals surface area contributed by atoms with Crippen LogP contribution in [0.3, 0.4) is 0 Å². The van der Waals surface area contributed by atoms with Gasteiger partial charge in [0.2, 0.25) is 11.9 Å². The Morgan fingerprint density at radius 1 is 1.44 bits per heavy atom. The van der Waals surface area contributed by atoms with Crippen LogP contribution in [0.4, 0.5) is 11.8 Å². The number of nitrogens with one attached hydrogen (secondary N) is 1. The van der Waals surface area contributed by atoms with Gasteiger partial charge in [-0.25, -0.2) is 14.6 Å². The number of carbonyl (C=O) groups is 1. The minimum atomic E-state index is -0.273. The van der Waals surface area contributed by atoms with E-state index in [4.69, 9.17) is 5.73 Å². The Morgan fingerprint density at radius 3 is 2.94 bits per heavy atom. The van der Waals surface area contributed by atoms with Gasteiger partial charge >= 0.3 is 0 Å². The molecule has 0 fully saturated rings. The van der Waals surface area contributed by atoms with Gasteiger partial charge in [-0.05, 0) is 0 Å². The highest BCUT2D eigenvalue weighted by Crippen LogP contribution is 1.97. The van der Waals surface area contributed by atoms with E-state index in [1.807, 2.05) is 0 Å². The minimum absolute atomic E-state index is 0.0285. The van der Waals surface area contributed by atoms with E-state index in [1.165, 1.54) is 29.6 Å². The topological polar surface area (TPSA) is 112 Å². The summed E-state index contributed by atoms with van der Waals surface area (Å²) < 4.78 is 1.33. The van der Waals surface area contributed by atoms with Crippen molar-refractivity contribution in [2.75, 3.05) is 11.1 Å². The number of hydrogen-bond acceptors (Lipinski definition) is 6. The van der Waals surface area contributed by atoms with E-state index in [2.05, 4.69) is 25.4 Å². The van der Waals surface area contributed by atoms with Crippen LogP contribution in [0.15, 0.2) is 24.9 Å². The number of rotatable bonds is 3. The maximum Gasteiger partial charge on any atom is 0.247 e. The Morgan fingerprint density at radius 2 is 2.31 bits per heavy atom. The van der Waals surface area contributed by atoms with Gasteiger partial charge in [0.15, 0.2) is 5.82 Å². The molecule has 0 radical (unpaired) electrons. The second-order valence-electron chi connectivity index (χ2n) is 2.94. The molecule has 82 valence electrons. The van der Waals surface area contributed by atoms with E-state index in [0.717, 1.165) is 0 Å². The van der Waals surface area contributed by atoms with Gasteiger partial charge in [-0.1, -0.05) is 0 Å². The molecule has 2 aromatic rings. The largest absolute Gasteiger partial charge is 0.367 e. The highest BCUT2D eigenvalue weighted by Gasteiger charge is 2.05. The lowest BCUT2D eigenvalue weighted by Crippen LogP contribution is -2.19. The molecule has 0 spiro atoms. The van der Waals surface area contributed by atoms with Crippen LogP contribution in [0, 0.1) is 0 Å². The number of anilines is 2. The van der Waals surface area contributed by atoms with Crippen molar-refractivity contribution >= 4 is 17.7 Å². The average molecular weight is 219 g/mol. The number of carbonyl (C=O) groups excluding carboxylic acids is 1. The molecule has 3 N–H and O–H groups in total. The summed E-state index contributed by atoms with van der Waals surface area (Å²) in [7, 11) is 0. The second-order valence-corrected chi connectivity index (χ2v) is 2.94. The molecule has 2 heterocycles. The SMILES string of the molecule is Nc1ncn(CC(=O)Nc2cnccn2)n1. The highest BCUT2D eigenvalue weighted by atomic mass is 16.2. The van der Waals surface area contributed by atoms with E-state index in [9.17, 15) is 4.79 Å². The smallest absolute Gasteiger partial charge is 0.247 e. The van der Waals surface area contributed by atoms with Gasteiger partial charge in [0, 0.05) is 12.4 Å². The number of nitrogens with two attached hydrogens (primary N) is 1. The zero-order valence-corrected chi connectivity index (χ0v) is 8.24. The molecule has 8 heteroatoms. The molecule has 0 aromatic carbocycles. The van der Waals surface area contributed by atoms with Crippen LogP contribution in [-0.4, -0.2) is 30.6 Å². The van der Waals surface area contributed by atoms with Crippen molar-refractivity contribution in [1.29, 1.82) is 0 Å². The molecule has 0 saturated carbocycles. The summed E-state index contributed by atoms with van der Waals surface area (Å²) in [4.78, 5) is 22.9. The fraction of sp³-hybridized carbons (Fsp3) is 0.125. The Hall–Kier alpha value is -2.51. The van der Waals surface area contributed by atoms with Gasteiger partial charge in [0.05, 0.1) is 6.20 Å². The first-order chi connectivity index (χ1) is 7.74. The molecule has 0 atom stereocenters. The predicted octanol–water partition coefficient (Wildman–Crippen LogP) is -0.711. The maximum absolute atomic E-state index is 11.5. The second kappa shape index (κ2) is 4.34. The molecule has 0 aliphatic carbocycles. The fourth-order valence-corrected chi connectivity index (χ4v) is 1.08. The molecule has 1 amide bonds. The maximum atomic E-state index is 11.5. The standard InChI is InChI=1S/C8H9N7O/c9-8-12-5-15(14-8)4-7(16)13-6-3-10-1-2-11-6/h1-3,5H,4H2,(H2,9,14)(H,11,13,16). The Balaban J connectivity index is 1.95. The number of nitrogens with zero attached hydrogens (tertiary/aromatic N) is 5. The molecule has 8 nitrogen and oxygen atoms in total. The Bertz CT molecular complexity index is 480. The van der Waals surface area contributed by atoms with Crippen molar-refractivity contribution in [3.63, 3.8) is 0 Å². The molecule has 0 bridgehead atoms. The summed E-state index contributed by atoms with van der Waals surface area (Å²) in [6.07, 6.45) is 5.84. The van der Waals surface area contributed by atoms with Crippen LogP contribution in [0.2, 0.25) is 0 Å². The first-order valence-electron chi connectivity index (χ1n) is 4.45. The molecule has 0 aliphatic heterocycles. The Labute approximate surface area is 90.5 Å². The summed E-state index contributed by atoms with van der Waals surface area (Å²) in [5.74, 6) is 0.248. The van der Waals surface area contributed by atoms with E-state index >= 15 is 0 Å². The van der Waals surface area contributed by atoms with E-state index in [-0.39, 0.29) is 18.4 Å². The number of aromatic nitrogens is 5. The van der Waals surface area contributed by atoms with Crippen LogP contribution < -0.4 is 11.1 Å². The van der Waals surface area contributed by atoms with Crippen molar-refractivity contribution in [2.24, 2.45) is 0 Å². The summed E-state index contributed by atoms with van der Waals surface area (Å²) in [5.41, 5.74) is 5.31. The Kier molecular flexibility index (Phi) is 2.72. The third-order valence-corrected chi connectivity index (χ3v) is 1.69. The molecule has 0 saturated heterocycles. The quantitative estimate of drug-likeness (QED) is 0.705. The highest BCUT2D eigenvalue weighted by molar-refractivity contribution is 5.89. The van der Waals surface area contributed by atoms with Crippen LogP contribution in [0.25, 0.3) is 0 Å². The number of hydrogen-bond donors (Lipinski definition) is 2. The van der Waals surface area contributed by atoms with E-state index < -0.39 is 0 Å². The third kappa shape index (κ3) is 2.50. The van der Waals surface area contributed by atoms with E-state index in [1.54, 1.807) is 0 Å². The molecular formula is C8H9N7O. The van der Waals surface area contributed by atoms with Crippen LogP contribution in [0.5, 0.6) is 0 Å². The van der Waals surface area contributed by atoms with Gasteiger partial charge in [-0.2, -0.15) is 0 Å². The molecule has 16 heavy (non-hydrogen) atoms. The number of amides is 1. The lowest BCUT2D eigenvalue weighted by molar-refractivity contribution is -0.116. The van der Waals surface area contributed by atoms with Gasteiger partial charge in [0.1, 0.15) is 12.9 Å². The van der Waals surface area contributed by atoms with Gasteiger partial charge < -0.3 is 11.1 Å². The zero-order valence-electron chi connectivity index (χ0n) is 8.24. The van der Waals surface area contributed by atoms with Crippen LogP contribution in [0.1, 0.15) is 0 Å². The number of nitrogen functional groups attached to an aromatic ring is 1.